The third-order valence-corrected chi connectivity index (χ3v) is 2.88. The van der Waals surface area contributed by atoms with Gasteiger partial charge in [0.1, 0.15) is 5.75 Å². The first-order valence-electron chi connectivity index (χ1n) is 5.97. The Labute approximate surface area is 108 Å². The number of nitrogens with one attached hydrogen (secondary N) is 1. The third kappa shape index (κ3) is 3.02. The van der Waals surface area contributed by atoms with Gasteiger partial charge >= 0.3 is 0 Å². The van der Waals surface area contributed by atoms with Crippen molar-refractivity contribution in [3.63, 3.8) is 0 Å². The van der Waals surface area contributed by atoms with E-state index >= 15 is 0 Å². The smallest absolute Gasteiger partial charge is 0.123 e. The van der Waals surface area contributed by atoms with Gasteiger partial charge in [0, 0.05) is 24.3 Å². The van der Waals surface area contributed by atoms with Crippen LogP contribution in [0.15, 0.2) is 48.5 Å². The van der Waals surface area contributed by atoms with Gasteiger partial charge in [-0.15, -0.1) is 0 Å². The molecule has 3 heteroatoms. The molecule has 0 unspecified atom stereocenters. The molecule has 0 spiro atoms. The normalized spacial score (nSPS) is 10.3. The molecule has 0 amide bonds. The lowest BCUT2D eigenvalue weighted by Gasteiger charge is -2.10. The molecule has 18 heavy (non-hydrogen) atoms. The lowest BCUT2D eigenvalue weighted by atomic mass is 10.1. The van der Waals surface area contributed by atoms with Crippen molar-refractivity contribution in [3.05, 3.63) is 59.7 Å². The van der Waals surface area contributed by atoms with Crippen molar-refractivity contribution in [2.45, 2.75) is 13.1 Å². The minimum atomic E-state index is 0.755. The molecular weight excluding hydrogens is 224 g/mol. The maximum atomic E-state index is 5.89. The Morgan fingerprint density at radius 3 is 2.28 bits per heavy atom. The van der Waals surface area contributed by atoms with Crippen molar-refractivity contribution >= 4 is 5.69 Å². The van der Waals surface area contributed by atoms with E-state index in [0.29, 0.717) is 0 Å². The van der Waals surface area contributed by atoms with E-state index in [-0.39, 0.29) is 0 Å². The summed E-state index contributed by atoms with van der Waals surface area (Å²) in [5.41, 5.74) is 8.98. The summed E-state index contributed by atoms with van der Waals surface area (Å²) in [7, 11) is 1.69. The summed E-state index contributed by atoms with van der Waals surface area (Å²) < 4.78 is 5.31. The number of ether oxygens (including phenoxy) is 1. The summed E-state index contributed by atoms with van der Waals surface area (Å²) in [6.45, 7) is 1.52. The van der Waals surface area contributed by atoms with Crippen LogP contribution in [0, 0.1) is 0 Å². The molecule has 0 radical (unpaired) electrons. The number of benzene rings is 2. The number of nitrogen functional groups attached to an aromatic ring is 1. The van der Waals surface area contributed by atoms with Gasteiger partial charge in [0.05, 0.1) is 7.11 Å². The molecule has 0 saturated carbocycles. The highest BCUT2D eigenvalue weighted by atomic mass is 16.5. The Morgan fingerprint density at radius 1 is 0.944 bits per heavy atom. The zero-order chi connectivity index (χ0) is 12.8. The van der Waals surface area contributed by atoms with E-state index in [0.717, 1.165) is 35.7 Å². The van der Waals surface area contributed by atoms with Gasteiger partial charge in [-0.25, -0.2) is 0 Å². The van der Waals surface area contributed by atoms with Crippen LogP contribution >= 0.6 is 0 Å². The van der Waals surface area contributed by atoms with Crippen LogP contribution in [-0.2, 0) is 13.1 Å². The minimum absolute atomic E-state index is 0.755. The van der Waals surface area contributed by atoms with Gasteiger partial charge < -0.3 is 15.8 Å². The number of para-hydroxylation sites is 2. The van der Waals surface area contributed by atoms with Gasteiger partial charge in [-0.3, -0.25) is 0 Å². The molecule has 3 N–H and O–H groups in total. The molecule has 0 bridgehead atoms. The topological polar surface area (TPSA) is 47.3 Å². The van der Waals surface area contributed by atoms with Gasteiger partial charge in [-0.1, -0.05) is 36.4 Å². The zero-order valence-corrected chi connectivity index (χ0v) is 10.5. The van der Waals surface area contributed by atoms with Crippen molar-refractivity contribution in [2.24, 2.45) is 0 Å². The van der Waals surface area contributed by atoms with Gasteiger partial charge in [-0.2, -0.15) is 0 Å². The van der Waals surface area contributed by atoms with Gasteiger partial charge in [0.15, 0.2) is 0 Å². The molecule has 0 fully saturated rings. The van der Waals surface area contributed by atoms with Gasteiger partial charge in [0.2, 0.25) is 0 Å². The number of rotatable bonds is 5. The third-order valence-electron chi connectivity index (χ3n) is 2.88. The fourth-order valence-corrected chi connectivity index (χ4v) is 1.88. The van der Waals surface area contributed by atoms with Crippen molar-refractivity contribution in [1.82, 2.24) is 5.32 Å². The SMILES string of the molecule is COc1ccccc1CNCc1ccccc1N. The number of methoxy groups -OCH3 is 1. The fourth-order valence-electron chi connectivity index (χ4n) is 1.88. The van der Waals surface area contributed by atoms with E-state index < -0.39 is 0 Å². The Bertz CT molecular complexity index is 511. The molecule has 3 nitrogen and oxygen atoms in total. The van der Waals surface area contributed by atoms with Crippen molar-refractivity contribution in [1.29, 1.82) is 0 Å². The van der Waals surface area contributed by atoms with Crippen molar-refractivity contribution in [3.8, 4) is 5.75 Å². The maximum absolute atomic E-state index is 5.89. The lowest BCUT2D eigenvalue weighted by Crippen LogP contribution is -2.14. The number of hydrogen-bond donors (Lipinski definition) is 2. The van der Waals surface area contributed by atoms with Crippen molar-refractivity contribution < 1.29 is 4.74 Å². The zero-order valence-electron chi connectivity index (χ0n) is 10.5. The predicted octanol–water partition coefficient (Wildman–Crippen LogP) is 2.57. The predicted molar refractivity (Wildman–Crippen MR) is 74.4 cm³/mol. The molecule has 0 aliphatic rings. The van der Waals surface area contributed by atoms with Crippen molar-refractivity contribution in [2.75, 3.05) is 12.8 Å². The van der Waals surface area contributed by atoms with Crippen LogP contribution < -0.4 is 15.8 Å². The van der Waals surface area contributed by atoms with Crippen LogP contribution in [0.5, 0.6) is 5.75 Å². The average Bonchev–Trinajstić information content (AvgIpc) is 2.41. The van der Waals surface area contributed by atoms with Crippen LogP contribution in [0.3, 0.4) is 0 Å². The number of anilines is 1. The molecule has 2 aromatic rings. The summed E-state index contributed by atoms with van der Waals surface area (Å²) in [5, 5.41) is 3.37. The van der Waals surface area contributed by atoms with Crippen LogP contribution in [0.4, 0.5) is 5.69 Å². The molecule has 0 aliphatic heterocycles. The second kappa shape index (κ2) is 6.07. The van der Waals surface area contributed by atoms with E-state index in [1.807, 2.05) is 42.5 Å². The Balaban J connectivity index is 1.95. The number of nitrogens with two attached hydrogens (primary N) is 1. The molecule has 0 heterocycles. The van der Waals surface area contributed by atoms with Crippen LogP contribution in [0.25, 0.3) is 0 Å². The highest BCUT2D eigenvalue weighted by molar-refractivity contribution is 5.46. The van der Waals surface area contributed by atoms with Crippen LogP contribution in [0.1, 0.15) is 11.1 Å². The highest BCUT2D eigenvalue weighted by Crippen LogP contribution is 2.17. The monoisotopic (exact) mass is 242 g/mol. The first-order valence-corrected chi connectivity index (χ1v) is 5.97. The van der Waals surface area contributed by atoms with E-state index in [1.165, 1.54) is 0 Å². The van der Waals surface area contributed by atoms with Gasteiger partial charge in [0.25, 0.3) is 0 Å². The Morgan fingerprint density at radius 2 is 1.56 bits per heavy atom. The second-order valence-corrected chi connectivity index (χ2v) is 4.11. The molecule has 2 rings (SSSR count). The van der Waals surface area contributed by atoms with Crippen LogP contribution in [-0.4, -0.2) is 7.11 Å². The van der Waals surface area contributed by atoms with E-state index in [4.69, 9.17) is 10.5 Å². The highest BCUT2D eigenvalue weighted by Gasteiger charge is 2.01. The standard InChI is InChI=1S/C15H18N2O/c1-18-15-9-5-3-7-13(15)11-17-10-12-6-2-4-8-14(12)16/h2-9,17H,10-11,16H2,1H3. The first-order chi connectivity index (χ1) is 8.81. The lowest BCUT2D eigenvalue weighted by molar-refractivity contribution is 0.407. The molecule has 0 aliphatic carbocycles. The number of hydrogen-bond acceptors (Lipinski definition) is 3. The summed E-state index contributed by atoms with van der Waals surface area (Å²) in [6, 6.07) is 15.9. The molecular formula is C15H18N2O. The molecule has 94 valence electrons. The van der Waals surface area contributed by atoms with Gasteiger partial charge in [-0.05, 0) is 17.7 Å². The molecule has 0 aromatic heterocycles. The van der Waals surface area contributed by atoms with E-state index in [2.05, 4.69) is 11.4 Å². The quantitative estimate of drug-likeness (QED) is 0.792. The van der Waals surface area contributed by atoms with Crippen LogP contribution in [0.2, 0.25) is 0 Å². The summed E-state index contributed by atoms with van der Waals surface area (Å²) in [4.78, 5) is 0. The van der Waals surface area contributed by atoms with E-state index in [1.54, 1.807) is 7.11 Å². The second-order valence-electron chi connectivity index (χ2n) is 4.11. The summed E-state index contributed by atoms with van der Waals surface area (Å²) in [6.07, 6.45) is 0. The first kappa shape index (κ1) is 12.5. The van der Waals surface area contributed by atoms with E-state index in [9.17, 15) is 0 Å². The summed E-state index contributed by atoms with van der Waals surface area (Å²) in [5.74, 6) is 0.908. The maximum Gasteiger partial charge on any atom is 0.123 e. The Kier molecular flexibility index (Phi) is 4.20. The fraction of sp³-hybridized carbons (Fsp3) is 0.200. The largest absolute Gasteiger partial charge is 0.496 e. The average molecular weight is 242 g/mol. The minimum Gasteiger partial charge on any atom is -0.496 e. The molecule has 2 aromatic carbocycles. The summed E-state index contributed by atoms with van der Waals surface area (Å²) >= 11 is 0. The Hall–Kier alpha value is -2.00. The molecule has 0 atom stereocenters. The molecule has 0 saturated heterocycles.